The van der Waals surface area contributed by atoms with Crippen molar-refractivity contribution in [2.24, 2.45) is 0 Å². The van der Waals surface area contributed by atoms with Crippen LogP contribution in [0, 0.1) is 41.7 Å². The number of methoxy groups -OCH3 is 4. The number of para-hydroxylation sites is 1. The summed E-state index contributed by atoms with van der Waals surface area (Å²) in [6, 6.07) is 19.2. The Bertz CT molecular complexity index is 3300. The lowest BCUT2D eigenvalue weighted by Gasteiger charge is -2.30. The van der Waals surface area contributed by atoms with Crippen molar-refractivity contribution in [3.05, 3.63) is 187 Å². The second-order valence-corrected chi connectivity index (χ2v) is 18.8. The molecule has 3 heterocycles. The van der Waals surface area contributed by atoms with E-state index in [0.717, 1.165) is 7.11 Å². The van der Waals surface area contributed by atoms with Crippen molar-refractivity contribution in [2.75, 3.05) is 41.7 Å². The van der Waals surface area contributed by atoms with Gasteiger partial charge in [-0.2, -0.15) is 5.26 Å². The number of ether oxygens (including phenoxy) is 7. The van der Waals surface area contributed by atoms with Crippen LogP contribution in [0.15, 0.2) is 140 Å². The van der Waals surface area contributed by atoms with E-state index in [-0.39, 0.29) is 81.1 Å². The maximum absolute atomic E-state index is 12.9. The SMILES string of the molecule is COC(=O)C1=C(C#N)NC(C)=C(C(=O)OC(C)C)C1c1cccc([N+](=O)[O-])c1.COC(=O)C1=C(C)NC(C)=C(C(=O)OC)C1c1ccccc1[N+](=O)[O-].COCCOC(=O)C1=C(C)NC(C)=C(C(=O)OC(C)C)C1c1cccc([N+](=O)[O-])c1. The van der Waals surface area contributed by atoms with Crippen LogP contribution in [0.4, 0.5) is 17.1 Å². The van der Waals surface area contributed by atoms with E-state index >= 15 is 0 Å². The minimum atomic E-state index is -1.06. The Kier molecular flexibility index (Phi) is 23.2. The van der Waals surface area contributed by atoms with E-state index in [1.54, 1.807) is 74.4 Å². The topological polar surface area (TPSA) is 356 Å². The second kappa shape index (κ2) is 29.4. The van der Waals surface area contributed by atoms with Crippen molar-refractivity contribution in [3.8, 4) is 6.07 Å². The number of nitro benzene ring substituents is 3. The predicted molar refractivity (Wildman–Crippen MR) is 294 cm³/mol. The number of allylic oxidation sites excluding steroid dienone is 6. The molecule has 2 unspecified atom stereocenters. The first-order valence-electron chi connectivity index (χ1n) is 25.2. The highest BCUT2D eigenvalue weighted by Crippen LogP contribution is 2.44. The number of nitrogens with one attached hydrogen (secondary N) is 3. The molecule has 3 aromatic rings. The Morgan fingerprint density at radius 1 is 0.506 bits per heavy atom. The molecule has 0 radical (unpaired) electrons. The van der Waals surface area contributed by atoms with E-state index in [9.17, 15) is 64.4 Å². The van der Waals surface area contributed by atoms with Crippen molar-refractivity contribution in [1.82, 2.24) is 16.0 Å². The molecule has 0 saturated heterocycles. The van der Waals surface area contributed by atoms with Gasteiger partial charge in [0.05, 0.1) is 106 Å². The zero-order chi connectivity index (χ0) is 62.2. The van der Waals surface area contributed by atoms with E-state index < -0.39 is 74.4 Å². The summed E-state index contributed by atoms with van der Waals surface area (Å²) >= 11 is 0. The molecule has 0 bridgehead atoms. The summed E-state index contributed by atoms with van der Waals surface area (Å²) in [5.74, 6) is -7.05. The number of carbonyl (C=O) groups excluding carboxylic acids is 6. The second-order valence-electron chi connectivity index (χ2n) is 18.8. The predicted octanol–water partition coefficient (Wildman–Crippen LogP) is 7.60. The number of dihydropyridines is 3. The number of nitro groups is 3. The molecule has 3 aliphatic heterocycles. The molecule has 0 amide bonds. The Labute approximate surface area is 476 Å². The molecule has 0 aliphatic carbocycles. The minimum absolute atomic E-state index is 0.0300. The van der Waals surface area contributed by atoms with Gasteiger partial charge in [0, 0.05) is 71.5 Å². The quantitative estimate of drug-likeness (QED) is 0.0385. The normalized spacial score (nSPS) is 15.9. The molecule has 6 rings (SSSR count). The Balaban J connectivity index is 0.000000268. The first kappa shape index (κ1) is 65.5. The molecule has 0 aromatic heterocycles. The van der Waals surface area contributed by atoms with Gasteiger partial charge in [-0.1, -0.05) is 42.5 Å². The first-order valence-corrected chi connectivity index (χ1v) is 25.2. The van der Waals surface area contributed by atoms with Crippen LogP contribution in [-0.2, 0) is 61.9 Å². The summed E-state index contributed by atoms with van der Waals surface area (Å²) in [4.78, 5) is 108. The number of nitriles is 1. The van der Waals surface area contributed by atoms with Gasteiger partial charge in [0.1, 0.15) is 18.4 Å². The number of non-ortho nitro benzene ring substituents is 2. The smallest absolute Gasteiger partial charge is 0.337 e. The maximum atomic E-state index is 12.9. The van der Waals surface area contributed by atoms with Gasteiger partial charge >= 0.3 is 35.8 Å². The van der Waals surface area contributed by atoms with Crippen molar-refractivity contribution in [1.29, 1.82) is 5.26 Å². The fraction of sp³-hybridized carbons (Fsp3) is 0.351. The number of esters is 6. The average molecular weight is 1150 g/mol. The summed E-state index contributed by atoms with van der Waals surface area (Å²) in [6.07, 6.45) is -0.811. The fourth-order valence-electron chi connectivity index (χ4n) is 9.17. The zero-order valence-electron chi connectivity index (χ0n) is 47.8. The molecule has 3 N–H and O–H groups in total. The van der Waals surface area contributed by atoms with Crippen molar-refractivity contribution in [3.63, 3.8) is 0 Å². The first-order chi connectivity index (χ1) is 39.2. The molecular formula is C57H63N7O19. The summed E-state index contributed by atoms with van der Waals surface area (Å²) in [5, 5.41) is 52.1. The van der Waals surface area contributed by atoms with Crippen LogP contribution in [0.3, 0.4) is 0 Å². The molecule has 2 atom stereocenters. The molecule has 0 fully saturated rings. The van der Waals surface area contributed by atoms with Crippen LogP contribution in [0.1, 0.15) is 96.8 Å². The van der Waals surface area contributed by atoms with Crippen LogP contribution < -0.4 is 16.0 Å². The molecule has 26 heteroatoms. The van der Waals surface area contributed by atoms with Crippen LogP contribution in [0.25, 0.3) is 0 Å². The van der Waals surface area contributed by atoms with Crippen molar-refractivity contribution < 1.29 is 76.7 Å². The lowest BCUT2D eigenvalue weighted by molar-refractivity contribution is -0.385. The number of nitrogens with zero attached hydrogens (tertiary/aromatic N) is 4. The van der Waals surface area contributed by atoms with Gasteiger partial charge in [-0.3, -0.25) is 30.3 Å². The molecule has 3 aliphatic rings. The average Bonchev–Trinajstić information content (AvgIpc) is 3.58. The van der Waals surface area contributed by atoms with Gasteiger partial charge in [0.2, 0.25) is 0 Å². The molecule has 26 nitrogen and oxygen atoms in total. The van der Waals surface area contributed by atoms with Crippen LogP contribution in [0.2, 0.25) is 0 Å². The summed E-state index contributed by atoms with van der Waals surface area (Å²) < 4.78 is 35.3. The van der Waals surface area contributed by atoms with Crippen molar-refractivity contribution in [2.45, 2.75) is 92.3 Å². The van der Waals surface area contributed by atoms with Crippen LogP contribution >= 0.6 is 0 Å². The molecule has 3 aromatic carbocycles. The highest BCUT2D eigenvalue weighted by atomic mass is 16.6. The highest BCUT2D eigenvalue weighted by molar-refractivity contribution is 6.02. The van der Waals surface area contributed by atoms with Gasteiger partial charge in [0.25, 0.3) is 17.1 Å². The summed E-state index contributed by atoms with van der Waals surface area (Å²) in [7, 11) is 5.05. The fourth-order valence-corrected chi connectivity index (χ4v) is 9.17. The van der Waals surface area contributed by atoms with Gasteiger partial charge in [-0.25, -0.2) is 28.8 Å². The van der Waals surface area contributed by atoms with Crippen molar-refractivity contribution >= 4 is 52.9 Å². The third kappa shape index (κ3) is 15.7. The van der Waals surface area contributed by atoms with E-state index in [0.29, 0.717) is 39.6 Å². The monoisotopic (exact) mass is 1150 g/mol. The van der Waals surface area contributed by atoms with Gasteiger partial charge in [-0.15, -0.1) is 0 Å². The Hall–Kier alpha value is -10.0. The highest BCUT2D eigenvalue weighted by Gasteiger charge is 2.43. The number of benzene rings is 3. The minimum Gasteiger partial charge on any atom is -0.466 e. The van der Waals surface area contributed by atoms with E-state index in [1.165, 1.54) is 82.0 Å². The summed E-state index contributed by atoms with van der Waals surface area (Å²) in [5.41, 5.74) is 3.10. The third-order valence-electron chi connectivity index (χ3n) is 12.6. The van der Waals surface area contributed by atoms with Gasteiger partial charge in [0.15, 0.2) is 0 Å². The van der Waals surface area contributed by atoms with Crippen LogP contribution in [0.5, 0.6) is 0 Å². The molecule has 83 heavy (non-hydrogen) atoms. The Morgan fingerprint density at radius 3 is 1.28 bits per heavy atom. The third-order valence-corrected chi connectivity index (χ3v) is 12.6. The van der Waals surface area contributed by atoms with Gasteiger partial charge < -0.3 is 49.1 Å². The van der Waals surface area contributed by atoms with E-state index in [1.807, 2.05) is 6.07 Å². The van der Waals surface area contributed by atoms with E-state index in [2.05, 4.69) is 16.0 Å². The summed E-state index contributed by atoms with van der Waals surface area (Å²) in [6.45, 7) is 15.2. The molecule has 440 valence electrons. The molecular weight excluding hydrogens is 1090 g/mol. The lowest BCUT2D eigenvalue weighted by atomic mass is 9.79. The Morgan fingerprint density at radius 2 is 0.892 bits per heavy atom. The zero-order valence-corrected chi connectivity index (χ0v) is 47.8. The van der Waals surface area contributed by atoms with Crippen LogP contribution in [-0.4, -0.2) is 104 Å². The molecule has 0 spiro atoms. The molecule has 0 saturated carbocycles. The number of hydrogen-bond donors (Lipinski definition) is 3. The van der Waals surface area contributed by atoms with Gasteiger partial charge in [-0.05, 0) is 73.4 Å². The standard InChI is InChI=1S/C21H26N2O7.C19H19N3O6.C17H18N2O6/c1-12(2)30-21(25)18-14(4)22-13(3)17(20(24)29-10-9-28-5)19(18)15-7-6-8-16(11-15)23(26)27;1-10(2)28-19(24)15-11(3)21-14(9-20)17(18(23)27-4)16(15)12-6-5-7-13(8-12)22(25)26;1-9-13(16(20)24-3)15(14(10(2)18-9)17(21)25-4)11-7-5-6-8-12(11)19(22)23/h6-8,11-12,19,22H,9-10H2,1-5H3;5-8,10,16,21H,1-4H3;5-8,15,18H,1-4H3. The number of carbonyl (C=O) groups is 6. The maximum Gasteiger partial charge on any atom is 0.337 e. The lowest BCUT2D eigenvalue weighted by Crippen LogP contribution is -2.33. The number of rotatable bonds is 17. The largest absolute Gasteiger partial charge is 0.466 e. The number of hydrogen-bond acceptors (Lipinski definition) is 23. The van der Waals surface area contributed by atoms with E-state index in [4.69, 9.17) is 33.2 Å².